The SMILES string of the molecule is C=C(CCCCCCC(=C)NC1CC(CS/C(C)=N/c2ccccc2C)CC(C2=CCCC=C2)C1)NC. The highest BCUT2D eigenvalue weighted by Crippen LogP contribution is 2.38. The van der Waals surface area contributed by atoms with Crippen molar-refractivity contribution in [2.75, 3.05) is 12.8 Å². The number of nitrogens with zero attached hydrogens (tertiary/aromatic N) is 1. The molecule has 1 saturated carbocycles. The zero-order valence-electron chi connectivity index (χ0n) is 23.5. The van der Waals surface area contributed by atoms with E-state index in [0.717, 1.165) is 30.0 Å². The third-order valence-electron chi connectivity index (χ3n) is 7.69. The number of thioether (sulfide) groups is 1. The van der Waals surface area contributed by atoms with Crippen LogP contribution >= 0.6 is 11.8 Å². The van der Waals surface area contributed by atoms with Gasteiger partial charge >= 0.3 is 0 Å². The number of aryl methyl sites for hydroxylation is 1. The van der Waals surface area contributed by atoms with Crippen LogP contribution in [-0.4, -0.2) is 23.9 Å². The molecule has 0 aliphatic heterocycles. The van der Waals surface area contributed by atoms with Gasteiger partial charge in [0, 0.05) is 30.2 Å². The lowest BCUT2D eigenvalue weighted by atomic mass is 9.75. The highest BCUT2D eigenvalue weighted by Gasteiger charge is 2.30. The number of allylic oxidation sites excluding steroid dienone is 6. The van der Waals surface area contributed by atoms with Gasteiger partial charge in [0.1, 0.15) is 0 Å². The molecule has 0 spiro atoms. The second kappa shape index (κ2) is 15.9. The minimum Gasteiger partial charge on any atom is -0.392 e. The first-order valence-corrected chi connectivity index (χ1v) is 15.3. The number of aliphatic imine (C=N–C) groups is 1. The molecule has 1 fully saturated rings. The van der Waals surface area contributed by atoms with Crippen LogP contribution in [-0.2, 0) is 0 Å². The Bertz CT molecular complexity index is 974. The number of rotatable bonds is 14. The molecule has 2 aliphatic carbocycles. The van der Waals surface area contributed by atoms with Crippen molar-refractivity contribution in [1.29, 1.82) is 0 Å². The number of unbranched alkanes of at least 4 members (excludes halogenated alkanes) is 3. The van der Waals surface area contributed by atoms with Crippen LogP contribution < -0.4 is 10.6 Å². The van der Waals surface area contributed by atoms with Gasteiger partial charge in [-0.1, -0.05) is 62.4 Å². The first-order chi connectivity index (χ1) is 17.9. The maximum absolute atomic E-state index is 4.91. The van der Waals surface area contributed by atoms with E-state index in [-0.39, 0.29) is 0 Å². The second-order valence-corrected chi connectivity index (χ2v) is 12.1. The summed E-state index contributed by atoms with van der Waals surface area (Å²) >= 11 is 1.93. The molecule has 1 aromatic carbocycles. The lowest BCUT2D eigenvalue weighted by Crippen LogP contribution is -2.38. The summed E-state index contributed by atoms with van der Waals surface area (Å²) in [4.78, 5) is 4.91. The predicted molar refractivity (Wildman–Crippen MR) is 166 cm³/mol. The number of hydrogen-bond donors (Lipinski definition) is 2. The first kappa shape index (κ1) is 29.4. The Morgan fingerprint density at radius 3 is 2.46 bits per heavy atom. The Morgan fingerprint density at radius 1 is 1.00 bits per heavy atom. The van der Waals surface area contributed by atoms with E-state index < -0.39 is 0 Å². The Kier molecular flexibility index (Phi) is 12.6. The van der Waals surface area contributed by atoms with Gasteiger partial charge in [-0.2, -0.15) is 0 Å². The van der Waals surface area contributed by atoms with Crippen molar-refractivity contribution in [3.63, 3.8) is 0 Å². The molecule has 0 heterocycles. The van der Waals surface area contributed by atoms with Crippen LogP contribution in [0.3, 0.4) is 0 Å². The highest BCUT2D eigenvalue weighted by atomic mass is 32.2. The predicted octanol–water partition coefficient (Wildman–Crippen LogP) is 9.02. The molecule has 4 heteroatoms. The maximum atomic E-state index is 4.91. The summed E-state index contributed by atoms with van der Waals surface area (Å²) < 4.78 is 0. The molecule has 1 aromatic rings. The largest absolute Gasteiger partial charge is 0.392 e. The molecule has 202 valence electrons. The Labute approximate surface area is 231 Å². The minimum atomic E-state index is 0.514. The summed E-state index contributed by atoms with van der Waals surface area (Å²) in [5.41, 5.74) is 6.26. The van der Waals surface area contributed by atoms with E-state index in [1.807, 2.05) is 18.8 Å². The van der Waals surface area contributed by atoms with Crippen LogP contribution in [0.1, 0.15) is 83.1 Å². The molecule has 3 nitrogen and oxygen atoms in total. The molecule has 3 atom stereocenters. The Morgan fingerprint density at radius 2 is 1.76 bits per heavy atom. The topological polar surface area (TPSA) is 36.4 Å². The lowest BCUT2D eigenvalue weighted by Gasteiger charge is -2.37. The second-order valence-electron chi connectivity index (χ2n) is 10.9. The Balaban J connectivity index is 1.51. The van der Waals surface area contributed by atoms with Gasteiger partial charge in [-0.05, 0) is 101 Å². The van der Waals surface area contributed by atoms with E-state index in [2.05, 4.69) is 80.1 Å². The van der Waals surface area contributed by atoms with Gasteiger partial charge in [-0.3, -0.25) is 0 Å². The summed E-state index contributed by atoms with van der Waals surface area (Å²) in [6.45, 7) is 12.7. The van der Waals surface area contributed by atoms with E-state index in [9.17, 15) is 0 Å². The third kappa shape index (κ3) is 10.6. The van der Waals surface area contributed by atoms with E-state index in [1.165, 1.54) is 74.1 Å². The van der Waals surface area contributed by atoms with Crippen molar-refractivity contribution >= 4 is 22.5 Å². The van der Waals surface area contributed by atoms with Crippen LogP contribution in [0.5, 0.6) is 0 Å². The zero-order valence-corrected chi connectivity index (χ0v) is 24.3. The molecular weight excluding hydrogens is 470 g/mol. The summed E-state index contributed by atoms with van der Waals surface area (Å²) in [5, 5.41) is 8.17. The molecule has 0 amide bonds. The van der Waals surface area contributed by atoms with E-state index in [0.29, 0.717) is 17.9 Å². The number of para-hydroxylation sites is 1. The summed E-state index contributed by atoms with van der Waals surface area (Å²) in [6, 6.07) is 8.92. The molecule has 0 bridgehead atoms. The molecule has 2 aliphatic rings. The van der Waals surface area contributed by atoms with Crippen LogP contribution in [0.25, 0.3) is 0 Å². The summed E-state index contributed by atoms with van der Waals surface area (Å²) in [6.07, 6.45) is 20.5. The van der Waals surface area contributed by atoms with Crippen molar-refractivity contribution in [3.8, 4) is 0 Å². The highest BCUT2D eigenvalue weighted by molar-refractivity contribution is 8.13. The molecule has 0 aromatic heterocycles. The molecule has 3 unspecified atom stereocenters. The van der Waals surface area contributed by atoms with Gasteiger partial charge in [-0.15, -0.1) is 11.8 Å². The fraction of sp³-hybridized carbons (Fsp3) is 0.545. The fourth-order valence-electron chi connectivity index (χ4n) is 5.54. The smallest absolute Gasteiger partial charge is 0.0707 e. The lowest BCUT2D eigenvalue weighted by molar-refractivity contribution is 0.263. The number of benzene rings is 1. The average Bonchev–Trinajstić information content (AvgIpc) is 2.91. The fourth-order valence-corrected chi connectivity index (χ4v) is 6.46. The van der Waals surface area contributed by atoms with Gasteiger partial charge in [0.25, 0.3) is 0 Å². The normalized spacial score (nSPS) is 21.9. The average molecular weight is 520 g/mol. The Hall–Kier alpha value is -2.20. The monoisotopic (exact) mass is 519 g/mol. The maximum Gasteiger partial charge on any atom is 0.0707 e. The van der Waals surface area contributed by atoms with Crippen molar-refractivity contribution in [2.45, 2.75) is 90.5 Å². The van der Waals surface area contributed by atoms with Crippen LogP contribution in [0.2, 0.25) is 0 Å². The van der Waals surface area contributed by atoms with Crippen molar-refractivity contribution < 1.29 is 0 Å². The van der Waals surface area contributed by atoms with Crippen LogP contribution in [0, 0.1) is 18.8 Å². The summed E-state index contributed by atoms with van der Waals surface area (Å²) in [5.74, 6) is 2.47. The van der Waals surface area contributed by atoms with Crippen molar-refractivity contribution in [1.82, 2.24) is 10.6 Å². The first-order valence-electron chi connectivity index (χ1n) is 14.3. The van der Waals surface area contributed by atoms with Crippen molar-refractivity contribution in [3.05, 3.63) is 78.2 Å². The molecule has 0 saturated heterocycles. The van der Waals surface area contributed by atoms with Gasteiger partial charge < -0.3 is 10.6 Å². The van der Waals surface area contributed by atoms with Crippen molar-refractivity contribution in [2.24, 2.45) is 16.8 Å². The van der Waals surface area contributed by atoms with Crippen LogP contribution in [0.4, 0.5) is 5.69 Å². The van der Waals surface area contributed by atoms with Gasteiger partial charge in [-0.25, -0.2) is 4.99 Å². The third-order valence-corrected chi connectivity index (χ3v) is 8.84. The zero-order chi connectivity index (χ0) is 26.5. The summed E-state index contributed by atoms with van der Waals surface area (Å²) in [7, 11) is 1.96. The van der Waals surface area contributed by atoms with Gasteiger partial charge in [0.05, 0.1) is 10.7 Å². The molecule has 37 heavy (non-hydrogen) atoms. The van der Waals surface area contributed by atoms with E-state index in [1.54, 1.807) is 5.57 Å². The molecule has 2 N–H and O–H groups in total. The standard InChI is InChI=1S/C33H49N3S/c1-25-15-13-14-20-33(25)36-28(4)37-24-29-21-31(30-18-11-8-12-19-30)23-32(22-29)35-27(3)17-10-7-6-9-16-26(2)34-5/h11,13-15,18-20,29,31-32,34-35H,2-3,6-10,12,16-17,21-24H2,1,4-5H3/b36-28+. The minimum absolute atomic E-state index is 0.514. The molecule has 3 rings (SSSR count). The number of hydrogen-bond acceptors (Lipinski definition) is 4. The van der Waals surface area contributed by atoms with Crippen LogP contribution in [0.15, 0.2) is 77.6 Å². The molecular formula is C33H49N3S. The molecule has 0 radical (unpaired) electrons. The number of nitrogens with one attached hydrogen (secondary N) is 2. The quantitative estimate of drug-likeness (QED) is 0.146. The van der Waals surface area contributed by atoms with E-state index >= 15 is 0 Å². The van der Waals surface area contributed by atoms with Gasteiger partial charge in [0.15, 0.2) is 0 Å². The van der Waals surface area contributed by atoms with Gasteiger partial charge in [0.2, 0.25) is 0 Å². The van der Waals surface area contributed by atoms with E-state index in [4.69, 9.17) is 4.99 Å².